The lowest BCUT2D eigenvalue weighted by Gasteiger charge is -1.92. The average Bonchev–Trinajstić information content (AvgIpc) is 2.85. The monoisotopic (exact) mass is 234 g/mol. The van der Waals surface area contributed by atoms with Crippen LogP contribution in [0.3, 0.4) is 0 Å². The number of benzene rings is 2. The van der Waals surface area contributed by atoms with E-state index >= 15 is 0 Å². The first-order valence-corrected chi connectivity index (χ1v) is 5.69. The molecule has 3 rings (SSSR count). The summed E-state index contributed by atoms with van der Waals surface area (Å²) in [5.74, 6) is 0.594. The minimum atomic E-state index is 0.345. The van der Waals surface area contributed by atoms with Crippen LogP contribution < -0.4 is 0 Å². The molecule has 0 saturated carbocycles. The zero-order chi connectivity index (χ0) is 12.4. The quantitative estimate of drug-likeness (QED) is 0.681. The van der Waals surface area contributed by atoms with Crippen molar-refractivity contribution >= 4 is 11.1 Å². The Morgan fingerprint density at radius 2 is 1.89 bits per heavy atom. The van der Waals surface area contributed by atoms with Crippen molar-refractivity contribution in [2.75, 3.05) is 0 Å². The summed E-state index contributed by atoms with van der Waals surface area (Å²) in [6.07, 6.45) is 0.345. The molecule has 0 atom stereocenters. The lowest BCUT2D eigenvalue weighted by Crippen LogP contribution is -1.83. The molecule has 86 valence electrons. The van der Waals surface area contributed by atoms with Gasteiger partial charge < -0.3 is 4.42 Å². The Kier molecular flexibility index (Phi) is 2.54. The van der Waals surface area contributed by atoms with Crippen LogP contribution in [0.4, 0.5) is 0 Å². The van der Waals surface area contributed by atoms with E-state index in [9.17, 15) is 0 Å². The van der Waals surface area contributed by atoms with Crippen LogP contribution in [0, 0.1) is 11.3 Å². The number of nitriles is 1. The third-order valence-corrected chi connectivity index (χ3v) is 2.79. The second-order valence-corrected chi connectivity index (χ2v) is 3.98. The minimum Gasteiger partial charge on any atom is -0.436 e. The van der Waals surface area contributed by atoms with Crippen LogP contribution in [0.5, 0.6) is 0 Å². The zero-order valence-electron chi connectivity index (χ0n) is 9.63. The van der Waals surface area contributed by atoms with Gasteiger partial charge in [-0.3, -0.25) is 0 Å². The maximum atomic E-state index is 8.79. The lowest BCUT2D eigenvalue weighted by atomic mass is 10.1. The molecular formula is C15H10N2O. The number of nitrogens with zero attached hydrogens (tertiary/aromatic N) is 2. The molecule has 3 heteroatoms. The van der Waals surface area contributed by atoms with Gasteiger partial charge in [-0.1, -0.05) is 30.3 Å². The predicted octanol–water partition coefficient (Wildman–Crippen LogP) is 3.56. The van der Waals surface area contributed by atoms with Gasteiger partial charge in [0.2, 0.25) is 5.89 Å². The minimum absolute atomic E-state index is 0.345. The van der Waals surface area contributed by atoms with Crippen molar-refractivity contribution in [3.63, 3.8) is 0 Å². The maximum absolute atomic E-state index is 8.79. The molecule has 0 bridgehead atoms. The summed E-state index contributed by atoms with van der Waals surface area (Å²) in [4.78, 5) is 4.48. The molecule has 0 unspecified atom stereocenters. The van der Waals surface area contributed by atoms with Crippen LogP contribution in [-0.4, -0.2) is 4.98 Å². The first-order chi connectivity index (χ1) is 8.88. The summed E-state index contributed by atoms with van der Waals surface area (Å²) in [5.41, 5.74) is 3.34. The second-order valence-electron chi connectivity index (χ2n) is 3.98. The number of aromatic nitrogens is 1. The van der Waals surface area contributed by atoms with Gasteiger partial charge in [-0.05, 0) is 23.8 Å². The molecule has 0 radical (unpaired) electrons. The number of para-hydroxylation sites is 1. The molecule has 0 aliphatic rings. The summed E-state index contributed by atoms with van der Waals surface area (Å²) in [6, 6.07) is 17.6. The maximum Gasteiger partial charge on any atom is 0.227 e. The fourth-order valence-electron chi connectivity index (χ4n) is 1.94. The van der Waals surface area contributed by atoms with E-state index < -0.39 is 0 Å². The molecule has 0 spiro atoms. The normalized spacial score (nSPS) is 10.4. The zero-order valence-corrected chi connectivity index (χ0v) is 9.63. The van der Waals surface area contributed by atoms with Crippen molar-refractivity contribution in [1.82, 2.24) is 4.98 Å². The SMILES string of the molecule is N#CCc1cccc2oc(-c3ccccc3)nc12. The number of oxazole rings is 1. The molecule has 2 aromatic carbocycles. The van der Waals surface area contributed by atoms with Crippen molar-refractivity contribution in [2.24, 2.45) is 0 Å². The van der Waals surface area contributed by atoms with Gasteiger partial charge >= 0.3 is 0 Å². The van der Waals surface area contributed by atoms with Gasteiger partial charge in [0.15, 0.2) is 5.58 Å². The average molecular weight is 234 g/mol. The van der Waals surface area contributed by atoms with Crippen molar-refractivity contribution in [1.29, 1.82) is 5.26 Å². The fraction of sp³-hybridized carbons (Fsp3) is 0.0667. The molecule has 18 heavy (non-hydrogen) atoms. The Morgan fingerprint density at radius 1 is 1.06 bits per heavy atom. The first-order valence-electron chi connectivity index (χ1n) is 5.69. The van der Waals surface area contributed by atoms with E-state index in [-0.39, 0.29) is 0 Å². The van der Waals surface area contributed by atoms with Gasteiger partial charge in [-0.15, -0.1) is 0 Å². The summed E-state index contributed by atoms with van der Waals surface area (Å²) in [7, 11) is 0. The third kappa shape index (κ3) is 1.74. The highest BCUT2D eigenvalue weighted by Gasteiger charge is 2.10. The Bertz CT molecular complexity index is 723. The van der Waals surface area contributed by atoms with Crippen molar-refractivity contribution in [2.45, 2.75) is 6.42 Å². The summed E-state index contributed by atoms with van der Waals surface area (Å²) in [5, 5.41) is 8.79. The summed E-state index contributed by atoms with van der Waals surface area (Å²) < 4.78 is 5.72. The standard InChI is InChI=1S/C15H10N2O/c16-10-9-11-7-4-8-13-14(11)17-15(18-13)12-5-2-1-3-6-12/h1-8H,9H2. The largest absolute Gasteiger partial charge is 0.436 e. The van der Waals surface area contributed by atoms with E-state index in [1.54, 1.807) is 0 Å². The van der Waals surface area contributed by atoms with E-state index in [0.717, 1.165) is 22.2 Å². The van der Waals surface area contributed by atoms with Crippen LogP contribution in [0.1, 0.15) is 5.56 Å². The summed E-state index contributed by atoms with van der Waals surface area (Å²) >= 11 is 0. The second kappa shape index (κ2) is 4.34. The predicted molar refractivity (Wildman–Crippen MR) is 68.8 cm³/mol. The van der Waals surface area contributed by atoms with Crippen molar-refractivity contribution in [3.8, 4) is 17.5 Å². The Balaban J connectivity index is 2.18. The van der Waals surface area contributed by atoms with Gasteiger partial charge in [-0.2, -0.15) is 5.26 Å². The molecule has 0 fully saturated rings. The van der Waals surface area contributed by atoms with Crippen LogP contribution in [0.2, 0.25) is 0 Å². The fourth-order valence-corrected chi connectivity index (χ4v) is 1.94. The molecule has 0 amide bonds. The first kappa shape index (κ1) is 10.5. The van der Waals surface area contributed by atoms with Crippen LogP contribution in [0.25, 0.3) is 22.6 Å². The molecule has 1 aromatic heterocycles. The van der Waals surface area contributed by atoms with Crippen molar-refractivity contribution < 1.29 is 4.42 Å². The van der Waals surface area contributed by atoms with Crippen LogP contribution in [-0.2, 0) is 6.42 Å². The topological polar surface area (TPSA) is 49.8 Å². The van der Waals surface area contributed by atoms with E-state index in [1.807, 2.05) is 48.5 Å². The molecule has 0 N–H and O–H groups in total. The Labute approximate surface area is 104 Å². The van der Waals surface area contributed by atoms with Gasteiger partial charge in [0.1, 0.15) is 5.52 Å². The smallest absolute Gasteiger partial charge is 0.227 e. The molecule has 1 heterocycles. The molecule has 3 aromatic rings. The Hall–Kier alpha value is -2.60. The highest BCUT2D eigenvalue weighted by Crippen LogP contribution is 2.26. The molecule has 3 nitrogen and oxygen atoms in total. The van der Waals surface area contributed by atoms with E-state index in [1.165, 1.54) is 0 Å². The van der Waals surface area contributed by atoms with Gasteiger partial charge in [0.25, 0.3) is 0 Å². The van der Waals surface area contributed by atoms with Gasteiger partial charge in [0.05, 0.1) is 12.5 Å². The van der Waals surface area contributed by atoms with E-state index in [2.05, 4.69) is 11.1 Å². The lowest BCUT2D eigenvalue weighted by molar-refractivity contribution is 0.620. The number of hydrogen-bond acceptors (Lipinski definition) is 3. The van der Waals surface area contributed by atoms with E-state index in [0.29, 0.717) is 12.3 Å². The number of fused-ring (bicyclic) bond motifs is 1. The Morgan fingerprint density at radius 3 is 2.67 bits per heavy atom. The molecular weight excluding hydrogens is 224 g/mol. The van der Waals surface area contributed by atoms with E-state index in [4.69, 9.17) is 9.68 Å². The number of hydrogen-bond donors (Lipinski definition) is 0. The highest BCUT2D eigenvalue weighted by molar-refractivity contribution is 5.79. The van der Waals surface area contributed by atoms with Gasteiger partial charge in [0, 0.05) is 5.56 Å². The van der Waals surface area contributed by atoms with Crippen LogP contribution >= 0.6 is 0 Å². The third-order valence-electron chi connectivity index (χ3n) is 2.79. The summed E-state index contributed by atoms with van der Waals surface area (Å²) in [6.45, 7) is 0. The molecule has 0 saturated heterocycles. The van der Waals surface area contributed by atoms with Gasteiger partial charge in [-0.25, -0.2) is 4.98 Å². The number of rotatable bonds is 2. The molecule has 0 aliphatic heterocycles. The highest BCUT2D eigenvalue weighted by atomic mass is 16.3. The van der Waals surface area contributed by atoms with Crippen LogP contribution in [0.15, 0.2) is 52.9 Å². The molecule has 0 aliphatic carbocycles. The van der Waals surface area contributed by atoms with Crippen molar-refractivity contribution in [3.05, 3.63) is 54.1 Å².